The molecule has 136 valence electrons. The average Bonchev–Trinajstić information content (AvgIpc) is 2.60. The zero-order valence-electron chi connectivity index (χ0n) is 15.5. The SMILES string of the molecule is CC(=O)N1CCc2ccc(NC(=O)COc3c(C)cccc3C)cc2C1. The van der Waals surface area contributed by atoms with Crippen molar-refractivity contribution < 1.29 is 14.3 Å². The molecule has 5 nitrogen and oxygen atoms in total. The number of carbonyl (C=O) groups excluding carboxylic acids is 2. The van der Waals surface area contributed by atoms with E-state index in [1.807, 2.05) is 55.1 Å². The molecule has 26 heavy (non-hydrogen) atoms. The minimum atomic E-state index is -0.202. The first-order valence-electron chi connectivity index (χ1n) is 8.80. The topological polar surface area (TPSA) is 58.6 Å². The van der Waals surface area contributed by atoms with Crippen LogP contribution < -0.4 is 10.1 Å². The zero-order chi connectivity index (χ0) is 18.7. The van der Waals surface area contributed by atoms with E-state index in [2.05, 4.69) is 5.32 Å². The Labute approximate surface area is 154 Å². The fourth-order valence-corrected chi connectivity index (χ4v) is 3.27. The predicted molar refractivity (Wildman–Crippen MR) is 101 cm³/mol. The Morgan fingerprint density at radius 2 is 1.85 bits per heavy atom. The molecule has 5 heteroatoms. The monoisotopic (exact) mass is 352 g/mol. The number of amides is 2. The summed E-state index contributed by atoms with van der Waals surface area (Å²) in [6.45, 7) is 6.81. The van der Waals surface area contributed by atoms with Crippen LogP contribution >= 0.6 is 0 Å². The molecule has 0 bridgehead atoms. The van der Waals surface area contributed by atoms with Gasteiger partial charge >= 0.3 is 0 Å². The first kappa shape index (κ1) is 18.0. The van der Waals surface area contributed by atoms with Crippen molar-refractivity contribution >= 4 is 17.5 Å². The second-order valence-electron chi connectivity index (χ2n) is 6.73. The standard InChI is InChI=1S/C21H24N2O3/c1-14-5-4-6-15(2)21(14)26-13-20(25)22-19-8-7-17-9-10-23(16(3)24)12-18(17)11-19/h4-8,11H,9-10,12-13H2,1-3H3,(H,22,25). The van der Waals surface area contributed by atoms with Gasteiger partial charge < -0.3 is 15.0 Å². The molecular formula is C21H24N2O3. The largest absolute Gasteiger partial charge is 0.483 e. The minimum Gasteiger partial charge on any atom is -0.483 e. The quantitative estimate of drug-likeness (QED) is 0.919. The lowest BCUT2D eigenvalue weighted by atomic mass is 9.99. The number of aryl methyl sites for hydroxylation is 2. The van der Waals surface area contributed by atoms with Gasteiger partial charge in [-0.25, -0.2) is 0 Å². The van der Waals surface area contributed by atoms with Gasteiger partial charge in [0, 0.05) is 25.7 Å². The number of nitrogens with zero attached hydrogens (tertiary/aromatic N) is 1. The average molecular weight is 352 g/mol. The zero-order valence-corrected chi connectivity index (χ0v) is 15.5. The van der Waals surface area contributed by atoms with E-state index in [1.165, 1.54) is 5.56 Å². The van der Waals surface area contributed by atoms with Gasteiger partial charge in [0.1, 0.15) is 5.75 Å². The van der Waals surface area contributed by atoms with Gasteiger partial charge in [-0.2, -0.15) is 0 Å². The van der Waals surface area contributed by atoms with Crippen LogP contribution in [0.2, 0.25) is 0 Å². The van der Waals surface area contributed by atoms with E-state index >= 15 is 0 Å². The molecule has 2 aromatic carbocycles. The van der Waals surface area contributed by atoms with Crippen molar-refractivity contribution in [3.05, 3.63) is 58.7 Å². The lowest BCUT2D eigenvalue weighted by Gasteiger charge is -2.28. The molecule has 0 fully saturated rings. The van der Waals surface area contributed by atoms with Crippen molar-refractivity contribution in [1.29, 1.82) is 0 Å². The first-order valence-corrected chi connectivity index (χ1v) is 8.80. The Balaban J connectivity index is 1.63. The maximum Gasteiger partial charge on any atom is 0.262 e. The van der Waals surface area contributed by atoms with Crippen molar-refractivity contribution in [2.24, 2.45) is 0 Å². The second-order valence-corrected chi connectivity index (χ2v) is 6.73. The van der Waals surface area contributed by atoms with Crippen LogP contribution in [0.15, 0.2) is 36.4 Å². The second kappa shape index (κ2) is 7.60. The molecule has 0 radical (unpaired) electrons. The molecule has 0 saturated carbocycles. The van der Waals surface area contributed by atoms with Crippen LogP contribution in [0.25, 0.3) is 0 Å². The summed E-state index contributed by atoms with van der Waals surface area (Å²) in [5, 5.41) is 2.88. The first-order chi connectivity index (χ1) is 12.4. The van der Waals surface area contributed by atoms with Crippen LogP contribution in [0, 0.1) is 13.8 Å². The Morgan fingerprint density at radius 3 is 2.54 bits per heavy atom. The number of rotatable bonds is 4. The van der Waals surface area contributed by atoms with E-state index in [0.29, 0.717) is 6.54 Å². The summed E-state index contributed by atoms with van der Waals surface area (Å²) in [7, 11) is 0. The van der Waals surface area contributed by atoms with Crippen LogP contribution in [0.1, 0.15) is 29.2 Å². The molecule has 0 saturated heterocycles. The van der Waals surface area contributed by atoms with Gasteiger partial charge in [-0.3, -0.25) is 9.59 Å². The summed E-state index contributed by atoms with van der Waals surface area (Å²) < 4.78 is 5.70. The summed E-state index contributed by atoms with van der Waals surface area (Å²) in [5.41, 5.74) is 5.06. The molecule has 0 aliphatic carbocycles. The van der Waals surface area contributed by atoms with E-state index in [1.54, 1.807) is 6.92 Å². The highest BCUT2D eigenvalue weighted by Crippen LogP contribution is 2.24. The number of fused-ring (bicyclic) bond motifs is 1. The lowest BCUT2D eigenvalue weighted by Crippen LogP contribution is -2.34. The molecule has 3 rings (SSSR count). The van der Waals surface area contributed by atoms with Crippen molar-refractivity contribution in [2.45, 2.75) is 33.7 Å². The Kier molecular flexibility index (Phi) is 5.26. The van der Waals surface area contributed by atoms with E-state index < -0.39 is 0 Å². The number of hydrogen-bond acceptors (Lipinski definition) is 3. The van der Waals surface area contributed by atoms with Gasteiger partial charge in [0.05, 0.1) is 0 Å². The smallest absolute Gasteiger partial charge is 0.262 e. The molecular weight excluding hydrogens is 328 g/mol. The lowest BCUT2D eigenvalue weighted by molar-refractivity contribution is -0.129. The van der Waals surface area contributed by atoms with Crippen LogP contribution in [0.4, 0.5) is 5.69 Å². The summed E-state index contributed by atoms with van der Waals surface area (Å²) in [6, 6.07) is 11.8. The van der Waals surface area contributed by atoms with Gasteiger partial charge in [0.2, 0.25) is 5.91 Å². The van der Waals surface area contributed by atoms with Crippen LogP contribution in [-0.4, -0.2) is 29.9 Å². The van der Waals surface area contributed by atoms with Crippen LogP contribution in [-0.2, 0) is 22.6 Å². The molecule has 2 aromatic rings. The molecule has 1 N–H and O–H groups in total. The summed E-state index contributed by atoms with van der Waals surface area (Å²) in [5.74, 6) is 0.629. The normalized spacial score (nSPS) is 13.1. The fourth-order valence-electron chi connectivity index (χ4n) is 3.27. The highest BCUT2D eigenvalue weighted by Gasteiger charge is 2.18. The molecule has 0 spiro atoms. The summed E-state index contributed by atoms with van der Waals surface area (Å²) in [4.78, 5) is 25.7. The maximum atomic E-state index is 12.2. The summed E-state index contributed by atoms with van der Waals surface area (Å²) >= 11 is 0. The third-order valence-corrected chi connectivity index (χ3v) is 4.70. The highest BCUT2D eigenvalue weighted by molar-refractivity contribution is 5.92. The van der Waals surface area contributed by atoms with Crippen LogP contribution in [0.3, 0.4) is 0 Å². The summed E-state index contributed by atoms with van der Waals surface area (Å²) in [6.07, 6.45) is 0.846. The Bertz CT molecular complexity index is 825. The number of hydrogen-bond donors (Lipinski definition) is 1. The van der Waals surface area contributed by atoms with Crippen LogP contribution in [0.5, 0.6) is 5.75 Å². The third kappa shape index (κ3) is 4.04. The van der Waals surface area contributed by atoms with Crippen molar-refractivity contribution in [3.8, 4) is 5.75 Å². The predicted octanol–water partition coefficient (Wildman–Crippen LogP) is 3.23. The molecule has 0 aromatic heterocycles. The molecule has 2 amide bonds. The number of carbonyl (C=O) groups is 2. The van der Waals surface area contributed by atoms with Gasteiger partial charge in [-0.15, -0.1) is 0 Å². The Hall–Kier alpha value is -2.82. The van der Waals surface area contributed by atoms with E-state index in [-0.39, 0.29) is 18.4 Å². The third-order valence-electron chi connectivity index (χ3n) is 4.70. The van der Waals surface area contributed by atoms with Crippen molar-refractivity contribution in [3.63, 3.8) is 0 Å². The van der Waals surface area contributed by atoms with Gasteiger partial charge in [0.25, 0.3) is 5.91 Å². The molecule has 1 heterocycles. The van der Waals surface area contributed by atoms with E-state index in [0.717, 1.165) is 41.1 Å². The fraction of sp³-hybridized carbons (Fsp3) is 0.333. The number of ether oxygens (including phenoxy) is 1. The molecule has 1 aliphatic rings. The number of para-hydroxylation sites is 1. The minimum absolute atomic E-state index is 0.0393. The van der Waals surface area contributed by atoms with E-state index in [9.17, 15) is 9.59 Å². The Morgan fingerprint density at radius 1 is 1.12 bits per heavy atom. The van der Waals surface area contributed by atoms with Gasteiger partial charge in [-0.05, 0) is 54.7 Å². The van der Waals surface area contributed by atoms with E-state index in [4.69, 9.17) is 4.74 Å². The maximum absolute atomic E-state index is 12.2. The molecule has 1 aliphatic heterocycles. The van der Waals surface area contributed by atoms with Gasteiger partial charge in [-0.1, -0.05) is 24.3 Å². The molecule has 0 unspecified atom stereocenters. The van der Waals surface area contributed by atoms with Crippen molar-refractivity contribution in [2.75, 3.05) is 18.5 Å². The van der Waals surface area contributed by atoms with Gasteiger partial charge in [0.15, 0.2) is 6.61 Å². The van der Waals surface area contributed by atoms with Crippen molar-refractivity contribution in [1.82, 2.24) is 4.90 Å². The number of benzene rings is 2. The highest BCUT2D eigenvalue weighted by atomic mass is 16.5. The number of anilines is 1. The number of nitrogens with one attached hydrogen (secondary N) is 1. The molecule has 0 atom stereocenters.